The smallest absolute Gasteiger partial charge is 0.258 e. The highest BCUT2D eigenvalue weighted by molar-refractivity contribution is 6.14. The zero-order chi connectivity index (χ0) is 21.4. The van der Waals surface area contributed by atoms with Crippen LogP contribution in [0.25, 0.3) is 22.3 Å². The first kappa shape index (κ1) is 19.8. The largest absolute Gasteiger partial charge is 0.311 e. The number of amides is 1. The van der Waals surface area contributed by atoms with Crippen molar-refractivity contribution in [2.24, 2.45) is 7.05 Å². The van der Waals surface area contributed by atoms with E-state index < -0.39 is 0 Å². The zero-order valence-electron chi connectivity index (χ0n) is 18.0. The topological polar surface area (TPSA) is 51.0 Å². The molecule has 0 spiro atoms. The summed E-state index contributed by atoms with van der Waals surface area (Å²) in [5.41, 5.74) is 5.93. The molecule has 1 amide bonds. The highest BCUT2D eigenvalue weighted by Crippen LogP contribution is 2.29. The maximum atomic E-state index is 13.6. The van der Waals surface area contributed by atoms with Crippen LogP contribution in [0.3, 0.4) is 0 Å². The first-order chi connectivity index (χ1) is 14.4. The average Bonchev–Trinajstić information content (AvgIpc) is 3.06. The summed E-state index contributed by atoms with van der Waals surface area (Å²) in [6.07, 6.45) is 0. The van der Waals surface area contributed by atoms with Crippen molar-refractivity contribution in [2.75, 3.05) is 11.9 Å². The zero-order valence-corrected chi connectivity index (χ0v) is 18.0. The van der Waals surface area contributed by atoms with E-state index in [9.17, 15) is 4.79 Å². The maximum absolute atomic E-state index is 13.6. The van der Waals surface area contributed by atoms with E-state index in [4.69, 9.17) is 4.98 Å². The second-order valence-corrected chi connectivity index (χ2v) is 7.94. The molecule has 5 nitrogen and oxygen atoms in total. The molecule has 2 aromatic heterocycles. The lowest BCUT2D eigenvalue weighted by molar-refractivity contribution is 0.0994. The van der Waals surface area contributed by atoms with Gasteiger partial charge in [-0.15, -0.1) is 0 Å². The van der Waals surface area contributed by atoms with Gasteiger partial charge in [0.25, 0.3) is 5.91 Å². The van der Waals surface area contributed by atoms with Crippen molar-refractivity contribution in [1.82, 2.24) is 14.8 Å². The van der Waals surface area contributed by atoms with Gasteiger partial charge in [-0.1, -0.05) is 56.3 Å². The first-order valence-electron chi connectivity index (χ1n) is 10.1. The SMILES string of the molecule is Cc1nn(C)c2nc(-c3ccccc3)cc(C(=O)N(C)c3cccc(C(C)C)c3)c12. The van der Waals surface area contributed by atoms with Crippen LogP contribution in [0.5, 0.6) is 0 Å². The first-order valence-corrected chi connectivity index (χ1v) is 10.1. The molecule has 2 aromatic carbocycles. The Morgan fingerprint density at radius 3 is 2.47 bits per heavy atom. The average molecular weight is 399 g/mol. The normalized spacial score (nSPS) is 11.3. The Hall–Kier alpha value is -3.47. The minimum Gasteiger partial charge on any atom is -0.311 e. The molecular formula is C25H26N4O. The number of hydrogen-bond acceptors (Lipinski definition) is 3. The Morgan fingerprint density at radius 1 is 1.03 bits per heavy atom. The van der Waals surface area contributed by atoms with Gasteiger partial charge in [0.15, 0.2) is 5.65 Å². The quantitative estimate of drug-likeness (QED) is 0.466. The minimum atomic E-state index is -0.0726. The van der Waals surface area contributed by atoms with Crippen molar-refractivity contribution in [3.8, 4) is 11.3 Å². The van der Waals surface area contributed by atoms with E-state index in [-0.39, 0.29) is 5.91 Å². The van der Waals surface area contributed by atoms with Crippen LogP contribution in [-0.2, 0) is 7.05 Å². The second kappa shape index (κ2) is 7.75. The number of aromatic nitrogens is 3. The van der Waals surface area contributed by atoms with E-state index in [0.29, 0.717) is 17.1 Å². The molecule has 4 aromatic rings. The lowest BCUT2D eigenvalue weighted by atomic mass is 10.0. The van der Waals surface area contributed by atoms with Crippen molar-refractivity contribution in [1.29, 1.82) is 0 Å². The molecule has 0 saturated carbocycles. The van der Waals surface area contributed by atoms with E-state index in [1.807, 2.05) is 69.6 Å². The van der Waals surface area contributed by atoms with Crippen LogP contribution in [0.1, 0.15) is 41.4 Å². The maximum Gasteiger partial charge on any atom is 0.258 e. The molecule has 0 saturated heterocycles. The predicted molar refractivity (Wildman–Crippen MR) is 122 cm³/mol. The van der Waals surface area contributed by atoms with Gasteiger partial charge in [-0.25, -0.2) is 4.98 Å². The molecule has 152 valence electrons. The standard InChI is InChI=1S/C25H26N4O/c1-16(2)19-12-9-13-20(14-19)28(4)25(30)21-15-22(18-10-7-6-8-11-18)26-24-23(21)17(3)27-29(24)5/h6-16H,1-5H3. The second-order valence-electron chi connectivity index (χ2n) is 7.94. The molecule has 0 aliphatic heterocycles. The number of aryl methyl sites for hydroxylation is 2. The number of fused-ring (bicyclic) bond motifs is 1. The number of anilines is 1. The molecule has 0 fully saturated rings. The molecule has 0 N–H and O–H groups in total. The van der Waals surface area contributed by atoms with Crippen LogP contribution >= 0.6 is 0 Å². The fourth-order valence-electron chi connectivity index (χ4n) is 3.76. The number of carbonyl (C=O) groups is 1. The van der Waals surface area contributed by atoms with Gasteiger partial charge >= 0.3 is 0 Å². The van der Waals surface area contributed by atoms with Gasteiger partial charge in [0.05, 0.1) is 22.3 Å². The molecule has 0 bridgehead atoms. The Morgan fingerprint density at radius 2 is 1.77 bits per heavy atom. The van der Waals surface area contributed by atoms with Gasteiger partial charge in [-0.2, -0.15) is 5.10 Å². The Bertz CT molecular complexity index is 1220. The molecule has 2 heterocycles. The molecule has 0 aliphatic rings. The van der Waals surface area contributed by atoms with E-state index in [1.54, 1.807) is 9.58 Å². The predicted octanol–water partition coefficient (Wildman–Crippen LogP) is 5.34. The van der Waals surface area contributed by atoms with E-state index in [1.165, 1.54) is 5.56 Å². The van der Waals surface area contributed by atoms with Crippen LogP contribution in [-0.4, -0.2) is 27.7 Å². The highest BCUT2D eigenvalue weighted by Gasteiger charge is 2.22. The van der Waals surface area contributed by atoms with Crippen molar-refractivity contribution in [3.63, 3.8) is 0 Å². The molecule has 5 heteroatoms. The molecule has 0 radical (unpaired) electrons. The molecular weight excluding hydrogens is 372 g/mol. The van der Waals surface area contributed by atoms with E-state index in [0.717, 1.165) is 28.0 Å². The van der Waals surface area contributed by atoms with E-state index in [2.05, 4.69) is 31.1 Å². The van der Waals surface area contributed by atoms with Crippen LogP contribution in [0.2, 0.25) is 0 Å². The summed E-state index contributed by atoms with van der Waals surface area (Å²) in [6, 6.07) is 19.9. The van der Waals surface area contributed by atoms with Crippen LogP contribution in [0.15, 0.2) is 60.7 Å². The number of hydrogen-bond donors (Lipinski definition) is 0. The summed E-state index contributed by atoms with van der Waals surface area (Å²) < 4.78 is 1.74. The molecule has 0 atom stereocenters. The van der Waals surface area contributed by atoms with Gasteiger partial charge in [-0.05, 0) is 36.6 Å². The number of benzene rings is 2. The number of pyridine rings is 1. The Balaban J connectivity index is 1.86. The van der Waals surface area contributed by atoms with Crippen molar-refractivity contribution >= 4 is 22.6 Å². The molecule has 4 rings (SSSR count). The summed E-state index contributed by atoms with van der Waals surface area (Å²) in [5.74, 6) is 0.322. The van der Waals surface area contributed by atoms with Crippen molar-refractivity contribution in [2.45, 2.75) is 26.7 Å². The van der Waals surface area contributed by atoms with E-state index >= 15 is 0 Å². The van der Waals surface area contributed by atoms with Gasteiger partial charge in [0.2, 0.25) is 0 Å². The lowest BCUT2D eigenvalue weighted by Gasteiger charge is -2.20. The molecule has 0 aliphatic carbocycles. The highest BCUT2D eigenvalue weighted by atomic mass is 16.2. The summed E-state index contributed by atoms with van der Waals surface area (Å²) in [4.78, 5) is 20.2. The summed E-state index contributed by atoms with van der Waals surface area (Å²) in [6.45, 7) is 6.22. The van der Waals surface area contributed by atoms with Gasteiger partial charge in [0, 0.05) is 25.3 Å². The number of carbonyl (C=O) groups excluding carboxylic acids is 1. The lowest BCUT2D eigenvalue weighted by Crippen LogP contribution is -2.26. The summed E-state index contributed by atoms with van der Waals surface area (Å²) >= 11 is 0. The number of rotatable bonds is 4. The fraction of sp³-hybridized carbons (Fsp3) is 0.240. The number of nitrogens with zero attached hydrogens (tertiary/aromatic N) is 4. The third-order valence-corrected chi connectivity index (χ3v) is 5.50. The monoisotopic (exact) mass is 398 g/mol. The van der Waals surface area contributed by atoms with Gasteiger partial charge < -0.3 is 4.90 Å². The third kappa shape index (κ3) is 3.47. The van der Waals surface area contributed by atoms with Crippen molar-refractivity contribution < 1.29 is 4.79 Å². The summed E-state index contributed by atoms with van der Waals surface area (Å²) in [5, 5.41) is 5.32. The Labute approximate surface area is 177 Å². The minimum absolute atomic E-state index is 0.0726. The molecule has 30 heavy (non-hydrogen) atoms. The molecule has 0 unspecified atom stereocenters. The third-order valence-electron chi connectivity index (χ3n) is 5.50. The van der Waals surface area contributed by atoms with Gasteiger partial charge in [0.1, 0.15) is 0 Å². The summed E-state index contributed by atoms with van der Waals surface area (Å²) in [7, 11) is 3.68. The van der Waals surface area contributed by atoms with Crippen LogP contribution < -0.4 is 4.90 Å². The van der Waals surface area contributed by atoms with Crippen LogP contribution in [0.4, 0.5) is 5.69 Å². The fourth-order valence-corrected chi connectivity index (χ4v) is 3.76. The van der Waals surface area contributed by atoms with Crippen LogP contribution in [0, 0.1) is 6.92 Å². The Kier molecular flexibility index (Phi) is 5.12. The van der Waals surface area contributed by atoms with Crippen molar-refractivity contribution in [3.05, 3.63) is 77.5 Å². The van der Waals surface area contributed by atoms with Gasteiger partial charge in [-0.3, -0.25) is 9.48 Å².